The van der Waals surface area contributed by atoms with Gasteiger partial charge in [0.05, 0.1) is 26.2 Å². The molecule has 2 aromatic rings. The maximum atomic E-state index is 12.7. The Morgan fingerprint density at radius 1 is 1.11 bits per heavy atom. The van der Waals surface area contributed by atoms with Gasteiger partial charge in [-0.2, -0.15) is 0 Å². The maximum absolute atomic E-state index is 12.7. The first-order chi connectivity index (χ1) is 13.7. The minimum absolute atomic E-state index is 0.0809. The molecule has 6 heteroatoms. The fraction of sp³-hybridized carbons (Fsp3) is 0.318. The van der Waals surface area contributed by atoms with E-state index < -0.39 is 0 Å². The lowest BCUT2D eigenvalue weighted by Gasteiger charge is -2.32. The zero-order valence-corrected chi connectivity index (χ0v) is 15.9. The first-order valence-corrected chi connectivity index (χ1v) is 9.58. The highest BCUT2D eigenvalue weighted by Crippen LogP contribution is 2.32. The van der Waals surface area contributed by atoms with E-state index in [0.29, 0.717) is 19.0 Å². The third-order valence-corrected chi connectivity index (χ3v) is 5.12. The molecule has 2 aliphatic rings. The summed E-state index contributed by atoms with van der Waals surface area (Å²) in [7, 11) is 0. The monoisotopic (exact) mass is 381 g/mol. The molecule has 0 radical (unpaired) electrons. The quantitative estimate of drug-likeness (QED) is 0.771. The number of quaternary nitrogens is 1. The zero-order valence-electron chi connectivity index (χ0n) is 15.9. The number of nitrogens with one attached hydrogen (secondary N) is 1. The van der Waals surface area contributed by atoms with E-state index in [2.05, 4.69) is 18.7 Å². The minimum atomic E-state index is 0.0809. The van der Waals surface area contributed by atoms with Crippen LogP contribution in [0.1, 0.15) is 15.9 Å². The molecule has 0 saturated carbocycles. The molecule has 6 nitrogen and oxygen atoms in total. The van der Waals surface area contributed by atoms with Crippen LogP contribution in [0.2, 0.25) is 0 Å². The summed E-state index contributed by atoms with van der Waals surface area (Å²) in [5.41, 5.74) is 1.93. The Balaban J connectivity index is 1.29. The minimum Gasteiger partial charge on any atom is -0.490 e. The van der Waals surface area contributed by atoms with Crippen molar-refractivity contribution in [2.24, 2.45) is 0 Å². The van der Waals surface area contributed by atoms with E-state index in [4.69, 9.17) is 14.2 Å². The van der Waals surface area contributed by atoms with Crippen molar-refractivity contribution in [3.8, 4) is 17.2 Å². The molecular weight excluding hydrogens is 356 g/mol. The summed E-state index contributed by atoms with van der Waals surface area (Å²) >= 11 is 0. The molecule has 0 aromatic heterocycles. The van der Waals surface area contributed by atoms with Crippen molar-refractivity contribution < 1.29 is 23.9 Å². The summed E-state index contributed by atoms with van der Waals surface area (Å²) in [6, 6.07) is 13.4. The van der Waals surface area contributed by atoms with Crippen LogP contribution in [0.3, 0.4) is 0 Å². The van der Waals surface area contributed by atoms with Crippen LogP contribution in [0.25, 0.3) is 0 Å². The van der Waals surface area contributed by atoms with Crippen LogP contribution < -0.4 is 19.1 Å². The van der Waals surface area contributed by atoms with E-state index in [1.165, 1.54) is 10.5 Å². The molecule has 0 bridgehead atoms. The van der Waals surface area contributed by atoms with E-state index in [1.54, 1.807) is 6.08 Å². The van der Waals surface area contributed by atoms with E-state index in [9.17, 15) is 4.79 Å². The van der Waals surface area contributed by atoms with Crippen LogP contribution >= 0.6 is 0 Å². The Bertz CT molecular complexity index is 842. The van der Waals surface area contributed by atoms with Crippen molar-refractivity contribution in [2.75, 3.05) is 39.6 Å². The van der Waals surface area contributed by atoms with Crippen molar-refractivity contribution in [2.45, 2.75) is 6.54 Å². The first kappa shape index (κ1) is 18.4. The zero-order chi connectivity index (χ0) is 19.3. The molecule has 4 rings (SSSR count). The van der Waals surface area contributed by atoms with Gasteiger partial charge in [-0.15, -0.1) is 0 Å². The van der Waals surface area contributed by atoms with E-state index in [0.717, 1.165) is 50.0 Å². The highest BCUT2D eigenvalue weighted by molar-refractivity contribution is 5.94. The predicted molar refractivity (Wildman–Crippen MR) is 105 cm³/mol. The topological polar surface area (TPSA) is 52.4 Å². The lowest BCUT2D eigenvalue weighted by atomic mass is 10.1. The number of ether oxygens (including phenoxy) is 3. The lowest BCUT2D eigenvalue weighted by molar-refractivity contribution is -0.917. The van der Waals surface area contributed by atoms with E-state index >= 15 is 0 Å². The summed E-state index contributed by atoms with van der Waals surface area (Å²) in [6.07, 6.45) is 1.70. The average molecular weight is 381 g/mol. The number of hydrogen-bond donors (Lipinski definition) is 1. The molecule has 1 amide bonds. The summed E-state index contributed by atoms with van der Waals surface area (Å²) < 4.78 is 16.3. The Hall–Kier alpha value is -2.99. The Morgan fingerprint density at radius 2 is 1.86 bits per heavy atom. The van der Waals surface area contributed by atoms with Gasteiger partial charge < -0.3 is 24.0 Å². The van der Waals surface area contributed by atoms with Gasteiger partial charge >= 0.3 is 0 Å². The molecule has 2 aromatic carbocycles. The van der Waals surface area contributed by atoms with Gasteiger partial charge in [0.1, 0.15) is 18.9 Å². The molecule has 0 unspecified atom stereocenters. The number of rotatable bonds is 6. The lowest BCUT2D eigenvalue weighted by Crippen LogP contribution is -3.13. The molecule has 0 spiro atoms. The molecule has 28 heavy (non-hydrogen) atoms. The van der Waals surface area contributed by atoms with Gasteiger partial charge in [-0.3, -0.25) is 4.79 Å². The number of hydrogen-bond acceptors (Lipinski definition) is 4. The van der Waals surface area contributed by atoms with Crippen LogP contribution in [0.15, 0.2) is 55.1 Å². The Morgan fingerprint density at radius 3 is 2.61 bits per heavy atom. The number of amides is 1. The molecule has 1 N–H and O–H groups in total. The molecule has 2 heterocycles. The van der Waals surface area contributed by atoms with Crippen molar-refractivity contribution in [1.29, 1.82) is 0 Å². The predicted octanol–water partition coefficient (Wildman–Crippen LogP) is 1.52. The second-order valence-corrected chi connectivity index (χ2v) is 7.03. The van der Waals surface area contributed by atoms with Crippen molar-refractivity contribution in [1.82, 2.24) is 4.90 Å². The fourth-order valence-corrected chi connectivity index (χ4v) is 3.57. The Kier molecular flexibility index (Phi) is 5.48. The number of piperazine rings is 1. The number of benzene rings is 2. The second kappa shape index (κ2) is 8.35. The molecule has 1 saturated heterocycles. The van der Waals surface area contributed by atoms with Crippen LogP contribution in [0, 0.1) is 0 Å². The highest BCUT2D eigenvalue weighted by atomic mass is 16.7. The molecule has 2 aliphatic heterocycles. The number of carbonyl (C=O) groups is 1. The maximum Gasteiger partial charge on any atom is 0.254 e. The number of fused-ring (bicyclic) bond motifs is 1. The smallest absolute Gasteiger partial charge is 0.254 e. The fourth-order valence-electron chi connectivity index (χ4n) is 3.57. The summed E-state index contributed by atoms with van der Waals surface area (Å²) in [5.74, 6) is 2.47. The van der Waals surface area contributed by atoms with Gasteiger partial charge in [-0.1, -0.05) is 12.7 Å². The molecule has 146 valence electrons. The molecule has 0 atom stereocenters. The highest BCUT2D eigenvalue weighted by Gasteiger charge is 2.25. The molecule has 0 aliphatic carbocycles. The summed E-state index contributed by atoms with van der Waals surface area (Å²) in [6.45, 7) is 8.69. The average Bonchev–Trinajstić information content (AvgIpc) is 3.20. The van der Waals surface area contributed by atoms with E-state index in [-0.39, 0.29) is 5.91 Å². The first-order valence-electron chi connectivity index (χ1n) is 9.58. The normalized spacial score (nSPS) is 16.1. The standard InChI is InChI=1S/C22H24N2O4/c1-2-13-26-19-6-4-18(5-7-19)22(25)24-11-9-23(10-12-24)15-17-3-8-20-21(14-17)28-16-27-20/h2-8,14H,1,9-13,15-16H2/p+1. The van der Waals surface area contributed by atoms with Gasteiger partial charge in [-0.05, 0) is 42.5 Å². The van der Waals surface area contributed by atoms with Crippen LogP contribution in [0.4, 0.5) is 0 Å². The third kappa shape index (κ3) is 4.12. The molecular formula is C22H25N2O4+. The SMILES string of the molecule is C=CCOc1ccc(C(=O)N2CC[NH+](Cc3ccc4c(c3)OCO4)CC2)cc1. The second-order valence-electron chi connectivity index (χ2n) is 7.03. The van der Waals surface area contributed by atoms with Gasteiger partial charge in [0, 0.05) is 11.1 Å². The largest absolute Gasteiger partial charge is 0.490 e. The van der Waals surface area contributed by atoms with Crippen LogP contribution in [-0.4, -0.2) is 50.4 Å². The van der Waals surface area contributed by atoms with Gasteiger partial charge in [0.2, 0.25) is 6.79 Å². The third-order valence-electron chi connectivity index (χ3n) is 5.12. The van der Waals surface area contributed by atoms with E-state index in [1.807, 2.05) is 35.2 Å². The van der Waals surface area contributed by atoms with Gasteiger partial charge in [-0.25, -0.2) is 0 Å². The van der Waals surface area contributed by atoms with Crippen LogP contribution in [-0.2, 0) is 6.54 Å². The van der Waals surface area contributed by atoms with Crippen molar-refractivity contribution in [3.05, 3.63) is 66.2 Å². The van der Waals surface area contributed by atoms with Crippen LogP contribution in [0.5, 0.6) is 17.2 Å². The summed E-state index contributed by atoms with van der Waals surface area (Å²) in [5, 5.41) is 0. The number of carbonyl (C=O) groups excluding carboxylic acids is 1. The van der Waals surface area contributed by atoms with Gasteiger partial charge in [0.15, 0.2) is 11.5 Å². The number of nitrogens with zero attached hydrogens (tertiary/aromatic N) is 1. The summed E-state index contributed by atoms with van der Waals surface area (Å²) in [4.78, 5) is 16.1. The van der Waals surface area contributed by atoms with Gasteiger partial charge in [0.25, 0.3) is 5.91 Å². The van der Waals surface area contributed by atoms with Crippen molar-refractivity contribution in [3.63, 3.8) is 0 Å². The Labute approximate surface area is 164 Å². The van der Waals surface area contributed by atoms with Crippen molar-refractivity contribution >= 4 is 5.91 Å². The molecule has 1 fully saturated rings.